The number of benzene rings is 2. The minimum atomic E-state index is -3.68. The minimum Gasteiger partial charge on any atom is -0.481 e. The highest BCUT2D eigenvalue weighted by Gasteiger charge is 2.18. The third-order valence-electron chi connectivity index (χ3n) is 5.27. The van der Waals surface area contributed by atoms with Gasteiger partial charge in [0.05, 0.1) is 10.6 Å². The fraction of sp³-hybridized carbons (Fsp3) is 0.458. The SMILES string of the molecule is Cc1cc(C(C)C)cc(C)c1NS(=O)(=O)c1cccc(CCCCCCC(=O)O)c1. The number of anilines is 1. The van der Waals surface area contributed by atoms with Gasteiger partial charge in [-0.3, -0.25) is 9.52 Å². The zero-order valence-electron chi connectivity index (χ0n) is 18.4. The zero-order chi connectivity index (χ0) is 22.3. The van der Waals surface area contributed by atoms with Gasteiger partial charge >= 0.3 is 5.97 Å². The van der Waals surface area contributed by atoms with E-state index in [1.54, 1.807) is 18.2 Å². The Bertz CT molecular complexity index is 957. The number of sulfonamides is 1. The van der Waals surface area contributed by atoms with Crippen LogP contribution in [0, 0.1) is 13.8 Å². The van der Waals surface area contributed by atoms with Crippen molar-refractivity contribution >= 4 is 21.7 Å². The molecule has 0 aliphatic rings. The van der Waals surface area contributed by atoms with Gasteiger partial charge < -0.3 is 5.11 Å². The first-order valence-electron chi connectivity index (χ1n) is 10.5. The normalized spacial score (nSPS) is 11.6. The Hall–Kier alpha value is -2.34. The number of nitrogens with one attached hydrogen (secondary N) is 1. The number of carboxylic acid groups (broad SMARTS) is 1. The number of aliphatic carboxylic acids is 1. The van der Waals surface area contributed by atoms with E-state index in [0.29, 0.717) is 18.0 Å². The predicted octanol–water partition coefficient (Wildman–Crippen LogP) is 5.81. The number of carboxylic acids is 1. The van der Waals surface area contributed by atoms with Crippen molar-refractivity contribution in [2.45, 2.75) is 77.0 Å². The Morgan fingerprint density at radius 2 is 1.63 bits per heavy atom. The summed E-state index contributed by atoms with van der Waals surface area (Å²) in [5.41, 5.74) is 4.64. The summed E-state index contributed by atoms with van der Waals surface area (Å²) >= 11 is 0. The second-order valence-corrected chi connectivity index (χ2v) is 9.93. The fourth-order valence-electron chi connectivity index (χ4n) is 3.51. The second-order valence-electron chi connectivity index (χ2n) is 8.25. The number of carbonyl (C=O) groups is 1. The van der Waals surface area contributed by atoms with Crippen molar-refractivity contribution in [3.63, 3.8) is 0 Å². The molecule has 0 aromatic heterocycles. The highest BCUT2D eigenvalue weighted by atomic mass is 32.2. The Morgan fingerprint density at radius 3 is 2.23 bits per heavy atom. The average Bonchev–Trinajstić information content (AvgIpc) is 2.67. The van der Waals surface area contributed by atoms with Crippen molar-refractivity contribution in [1.82, 2.24) is 0 Å². The topological polar surface area (TPSA) is 83.5 Å². The number of aryl methyl sites for hydroxylation is 3. The molecule has 6 heteroatoms. The van der Waals surface area contributed by atoms with Gasteiger partial charge in [-0.1, -0.05) is 51.0 Å². The van der Waals surface area contributed by atoms with Crippen LogP contribution in [0.2, 0.25) is 0 Å². The molecule has 0 amide bonds. The lowest BCUT2D eigenvalue weighted by Crippen LogP contribution is -2.15. The Balaban J connectivity index is 2.06. The molecule has 2 rings (SSSR count). The van der Waals surface area contributed by atoms with E-state index >= 15 is 0 Å². The molecule has 0 radical (unpaired) electrons. The standard InChI is InChI=1S/C24H33NO4S/c1-17(2)21-14-18(3)24(19(4)15-21)25-30(28,29)22-12-9-11-20(16-22)10-7-5-6-8-13-23(26)27/h9,11-12,14-17,25H,5-8,10,13H2,1-4H3,(H,26,27). The molecular weight excluding hydrogens is 398 g/mol. The van der Waals surface area contributed by atoms with Gasteiger partial charge in [0, 0.05) is 6.42 Å². The summed E-state index contributed by atoms with van der Waals surface area (Å²) in [6.07, 6.45) is 4.38. The lowest BCUT2D eigenvalue weighted by atomic mass is 9.97. The Kier molecular flexibility index (Phi) is 8.47. The molecule has 30 heavy (non-hydrogen) atoms. The molecule has 164 valence electrons. The maximum absolute atomic E-state index is 13.0. The fourth-order valence-corrected chi connectivity index (χ4v) is 4.78. The van der Waals surface area contributed by atoms with Crippen LogP contribution < -0.4 is 4.72 Å². The van der Waals surface area contributed by atoms with Gasteiger partial charge in [0.2, 0.25) is 0 Å². The van der Waals surface area contributed by atoms with Gasteiger partial charge in [-0.2, -0.15) is 0 Å². The molecule has 2 aromatic rings. The molecule has 0 unspecified atom stereocenters. The average molecular weight is 432 g/mol. The van der Waals surface area contributed by atoms with Gasteiger partial charge in [0.25, 0.3) is 10.0 Å². The van der Waals surface area contributed by atoms with Crippen LogP contribution in [-0.4, -0.2) is 19.5 Å². The van der Waals surface area contributed by atoms with Gasteiger partial charge in [0.15, 0.2) is 0 Å². The molecule has 0 saturated carbocycles. The molecule has 0 spiro atoms. The van der Waals surface area contributed by atoms with Crippen molar-refractivity contribution in [2.24, 2.45) is 0 Å². The Morgan fingerprint density at radius 1 is 1.00 bits per heavy atom. The van der Waals surface area contributed by atoms with Crippen LogP contribution >= 0.6 is 0 Å². The molecule has 0 heterocycles. The molecule has 5 nitrogen and oxygen atoms in total. The molecular formula is C24H33NO4S. The van der Waals surface area contributed by atoms with Crippen LogP contribution in [0.25, 0.3) is 0 Å². The van der Waals surface area contributed by atoms with Crippen molar-refractivity contribution < 1.29 is 18.3 Å². The maximum atomic E-state index is 13.0. The van der Waals surface area contributed by atoms with Crippen molar-refractivity contribution in [3.05, 3.63) is 58.7 Å². The summed E-state index contributed by atoms with van der Waals surface area (Å²) in [5, 5.41) is 8.67. The first-order valence-corrected chi connectivity index (χ1v) is 12.0. The third kappa shape index (κ3) is 6.87. The smallest absolute Gasteiger partial charge is 0.303 e. The molecule has 0 aliphatic carbocycles. The monoisotopic (exact) mass is 431 g/mol. The van der Waals surface area contributed by atoms with Crippen LogP contribution in [0.5, 0.6) is 0 Å². The molecule has 0 atom stereocenters. The Labute approximate surface area is 180 Å². The highest BCUT2D eigenvalue weighted by molar-refractivity contribution is 7.92. The molecule has 2 N–H and O–H groups in total. The molecule has 0 aliphatic heterocycles. The predicted molar refractivity (Wildman–Crippen MR) is 122 cm³/mol. The largest absolute Gasteiger partial charge is 0.481 e. The first kappa shape index (κ1) is 23.9. The summed E-state index contributed by atoms with van der Waals surface area (Å²) < 4.78 is 28.8. The van der Waals surface area contributed by atoms with E-state index in [2.05, 4.69) is 18.6 Å². The molecule has 0 fully saturated rings. The van der Waals surface area contributed by atoms with E-state index in [-0.39, 0.29) is 11.3 Å². The molecule has 0 bridgehead atoms. The molecule has 2 aromatic carbocycles. The van der Waals surface area contributed by atoms with E-state index in [9.17, 15) is 13.2 Å². The lowest BCUT2D eigenvalue weighted by Gasteiger charge is -2.17. The van der Waals surface area contributed by atoms with Gasteiger partial charge in [-0.15, -0.1) is 0 Å². The summed E-state index contributed by atoms with van der Waals surface area (Å²) in [5.74, 6) is -0.376. The lowest BCUT2D eigenvalue weighted by molar-refractivity contribution is -0.137. The third-order valence-corrected chi connectivity index (χ3v) is 6.62. The van der Waals surface area contributed by atoms with Gasteiger partial charge in [-0.25, -0.2) is 8.42 Å². The van der Waals surface area contributed by atoms with E-state index in [1.807, 2.05) is 32.0 Å². The first-order chi connectivity index (χ1) is 14.1. The van der Waals surface area contributed by atoms with Crippen molar-refractivity contribution in [1.29, 1.82) is 0 Å². The van der Waals surface area contributed by atoms with E-state index in [0.717, 1.165) is 42.4 Å². The summed E-state index contributed by atoms with van der Waals surface area (Å²) in [6, 6.07) is 11.1. The maximum Gasteiger partial charge on any atom is 0.303 e. The van der Waals surface area contributed by atoms with E-state index in [4.69, 9.17) is 5.11 Å². The van der Waals surface area contributed by atoms with Crippen LogP contribution in [0.3, 0.4) is 0 Å². The van der Waals surface area contributed by atoms with Crippen LogP contribution in [0.4, 0.5) is 5.69 Å². The molecule has 0 saturated heterocycles. The number of rotatable bonds is 11. The second kappa shape index (κ2) is 10.6. The van der Waals surface area contributed by atoms with E-state index in [1.165, 1.54) is 5.56 Å². The highest BCUT2D eigenvalue weighted by Crippen LogP contribution is 2.28. The number of hydrogen-bond acceptors (Lipinski definition) is 3. The van der Waals surface area contributed by atoms with Crippen LogP contribution in [-0.2, 0) is 21.2 Å². The van der Waals surface area contributed by atoms with E-state index < -0.39 is 16.0 Å². The summed E-state index contributed by atoms with van der Waals surface area (Å²) in [4.78, 5) is 10.8. The van der Waals surface area contributed by atoms with Crippen LogP contribution in [0.15, 0.2) is 41.3 Å². The number of unbranched alkanes of at least 4 members (excludes halogenated alkanes) is 3. The van der Waals surface area contributed by atoms with Crippen molar-refractivity contribution in [3.8, 4) is 0 Å². The quantitative estimate of drug-likeness (QED) is 0.440. The van der Waals surface area contributed by atoms with Gasteiger partial charge in [-0.05, 0) is 73.4 Å². The minimum absolute atomic E-state index is 0.205. The zero-order valence-corrected chi connectivity index (χ0v) is 19.2. The van der Waals surface area contributed by atoms with Crippen LogP contribution in [0.1, 0.15) is 74.1 Å². The van der Waals surface area contributed by atoms with Crippen molar-refractivity contribution in [2.75, 3.05) is 4.72 Å². The summed E-state index contributed by atoms with van der Waals surface area (Å²) in [6.45, 7) is 8.10. The van der Waals surface area contributed by atoms with Gasteiger partial charge in [0.1, 0.15) is 0 Å². The number of hydrogen-bond donors (Lipinski definition) is 2. The summed E-state index contributed by atoms with van der Waals surface area (Å²) in [7, 11) is -3.68.